The first-order chi connectivity index (χ1) is 5.33. The average molecular weight is 171 g/mol. The van der Waals surface area contributed by atoms with Crippen molar-refractivity contribution in [2.45, 2.75) is 58.8 Å². The van der Waals surface area contributed by atoms with Gasteiger partial charge in [0.2, 0.25) is 0 Å². The van der Waals surface area contributed by atoms with Crippen molar-refractivity contribution in [3.05, 3.63) is 0 Å². The number of unbranched alkanes of at least 4 members (excludes halogenated alkanes) is 1. The van der Waals surface area contributed by atoms with Crippen molar-refractivity contribution < 1.29 is 0 Å². The van der Waals surface area contributed by atoms with Crippen LogP contribution in [0.5, 0.6) is 0 Å². The summed E-state index contributed by atoms with van der Waals surface area (Å²) >= 11 is 0. The predicted molar refractivity (Wildman–Crippen MR) is 55.7 cm³/mol. The minimum Gasteiger partial charge on any atom is -0.344 e. The summed E-state index contributed by atoms with van der Waals surface area (Å²) in [6, 6.07) is 0. The van der Waals surface area contributed by atoms with Crippen molar-refractivity contribution in [1.29, 1.82) is 0 Å². The van der Waals surface area contributed by atoms with Gasteiger partial charge in [-0.05, 0) is 11.8 Å². The first-order valence-corrected chi connectivity index (χ1v) is 5.33. The smallest absolute Gasteiger partial charge is 0.0414 e. The molecule has 1 saturated carbocycles. The van der Waals surface area contributed by atoms with E-state index in [1.807, 2.05) is 0 Å². The van der Waals surface area contributed by atoms with Crippen LogP contribution >= 0.6 is 0 Å². The van der Waals surface area contributed by atoms with Crippen LogP contribution in [0.25, 0.3) is 0 Å². The Bertz CT molecular complexity index is 90.4. The van der Waals surface area contributed by atoms with Crippen LogP contribution in [0.2, 0.25) is 0 Å². The van der Waals surface area contributed by atoms with Gasteiger partial charge in [0.1, 0.15) is 0 Å². The largest absolute Gasteiger partial charge is 0.344 e. The molecule has 0 bridgehead atoms. The summed E-state index contributed by atoms with van der Waals surface area (Å²) in [4.78, 5) is 0. The fraction of sp³-hybridized carbons (Fsp3) is 1.00. The fourth-order valence-electron chi connectivity index (χ4n) is 2.11. The van der Waals surface area contributed by atoms with Gasteiger partial charge in [-0.15, -0.1) is 0 Å². The summed E-state index contributed by atoms with van der Waals surface area (Å²) in [6.07, 6.45) is 10.4. The summed E-state index contributed by atoms with van der Waals surface area (Å²) in [7, 11) is 0. The molecule has 0 atom stereocenters. The average Bonchev–Trinajstić information content (AvgIpc) is 2.04. The van der Waals surface area contributed by atoms with Crippen molar-refractivity contribution in [2.24, 2.45) is 11.8 Å². The Labute approximate surface area is 77.5 Å². The van der Waals surface area contributed by atoms with Gasteiger partial charge in [-0.1, -0.05) is 58.8 Å². The van der Waals surface area contributed by atoms with Crippen molar-refractivity contribution in [3.63, 3.8) is 0 Å². The Hall–Kier alpha value is -0.0400. The SMILES string of the molecule is CCCCC1CCC(C)CC1.N. The molecule has 0 aromatic rings. The van der Waals surface area contributed by atoms with Crippen molar-refractivity contribution in [3.8, 4) is 0 Å². The van der Waals surface area contributed by atoms with Crippen LogP contribution in [0.1, 0.15) is 58.8 Å². The first kappa shape index (κ1) is 12.0. The number of hydrogen-bond donors (Lipinski definition) is 1. The van der Waals surface area contributed by atoms with E-state index in [0.717, 1.165) is 11.8 Å². The van der Waals surface area contributed by atoms with Gasteiger partial charge in [-0.25, -0.2) is 0 Å². The van der Waals surface area contributed by atoms with Crippen LogP contribution in [0.4, 0.5) is 0 Å². The van der Waals surface area contributed by atoms with Gasteiger partial charge < -0.3 is 6.15 Å². The number of hydrogen-bond acceptors (Lipinski definition) is 1. The third kappa shape index (κ3) is 4.10. The highest BCUT2D eigenvalue weighted by Gasteiger charge is 2.16. The molecular weight excluding hydrogens is 146 g/mol. The lowest BCUT2D eigenvalue weighted by Crippen LogP contribution is -2.11. The van der Waals surface area contributed by atoms with Crippen molar-refractivity contribution in [2.75, 3.05) is 0 Å². The van der Waals surface area contributed by atoms with Crippen LogP contribution in [-0.2, 0) is 0 Å². The molecular formula is C11H25N. The van der Waals surface area contributed by atoms with Crippen LogP contribution in [0, 0.1) is 11.8 Å². The number of rotatable bonds is 3. The van der Waals surface area contributed by atoms with Gasteiger partial charge in [-0.2, -0.15) is 0 Å². The second-order valence-corrected chi connectivity index (χ2v) is 4.27. The molecule has 0 aromatic heterocycles. The zero-order chi connectivity index (χ0) is 8.10. The molecule has 0 aliphatic heterocycles. The molecule has 0 heterocycles. The van der Waals surface area contributed by atoms with Crippen molar-refractivity contribution in [1.82, 2.24) is 6.15 Å². The van der Waals surface area contributed by atoms with Gasteiger partial charge in [-0.3, -0.25) is 0 Å². The Morgan fingerprint density at radius 2 is 1.67 bits per heavy atom. The monoisotopic (exact) mass is 171 g/mol. The molecule has 0 saturated heterocycles. The zero-order valence-corrected chi connectivity index (χ0v) is 8.81. The van der Waals surface area contributed by atoms with E-state index in [1.54, 1.807) is 0 Å². The zero-order valence-electron chi connectivity index (χ0n) is 8.81. The van der Waals surface area contributed by atoms with E-state index in [-0.39, 0.29) is 6.15 Å². The Morgan fingerprint density at radius 1 is 1.08 bits per heavy atom. The lowest BCUT2D eigenvalue weighted by Gasteiger charge is -2.25. The molecule has 1 nitrogen and oxygen atoms in total. The second-order valence-electron chi connectivity index (χ2n) is 4.27. The molecule has 0 amide bonds. The van der Waals surface area contributed by atoms with Crippen LogP contribution < -0.4 is 6.15 Å². The van der Waals surface area contributed by atoms with E-state index < -0.39 is 0 Å². The molecule has 0 aromatic carbocycles. The quantitative estimate of drug-likeness (QED) is 0.679. The summed E-state index contributed by atoms with van der Waals surface area (Å²) < 4.78 is 0. The maximum Gasteiger partial charge on any atom is -0.0414 e. The Kier molecular flexibility index (Phi) is 6.45. The van der Waals surface area contributed by atoms with Gasteiger partial charge in [0.25, 0.3) is 0 Å². The third-order valence-electron chi connectivity index (χ3n) is 3.10. The molecule has 1 rings (SSSR count). The maximum absolute atomic E-state index is 2.40. The van der Waals surface area contributed by atoms with Gasteiger partial charge in [0.15, 0.2) is 0 Å². The molecule has 1 aliphatic carbocycles. The van der Waals surface area contributed by atoms with E-state index in [2.05, 4.69) is 13.8 Å². The van der Waals surface area contributed by atoms with Gasteiger partial charge >= 0.3 is 0 Å². The van der Waals surface area contributed by atoms with E-state index in [0.29, 0.717) is 0 Å². The topological polar surface area (TPSA) is 35.0 Å². The molecule has 1 fully saturated rings. The molecule has 12 heavy (non-hydrogen) atoms. The highest BCUT2D eigenvalue weighted by Crippen LogP contribution is 2.31. The first-order valence-electron chi connectivity index (χ1n) is 5.33. The molecule has 0 radical (unpaired) electrons. The van der Waals surface area contributed by atoms with E-state index in [9.17, 15) is 0 Å². The second kappa shape index (κ2) is 6.47. The summed E-state index contributed by atoms with van der Waals surface area (Å²) in [5.41, 5.74) is 0. The van der Waals surface area contributed by atoms with Gasteiger partial charge in [0, 0.05) is 0 Å². The van der Waals surface area contributed by atoms with E-state index >= 15 is 0 Å². The van der Waals surface area contributed by atoms with Crippen LogP contribution in [0.15, 0.2) is 0 Å². The summed E-state index contributed by atoms with van der Waals surface area (Å²) in [6.45, 7) is 4.70. The predicted octanol–water partition coefficient (Wildman–Crippen LogP) is 4.16. The molecule has 0 spiro atoms. The lowest BCUT2D eigenvalue weighted by molar-refractivity contribution is 0.273. The fourth-order valence-corrected chi connectivity index (χ4v) is 2.11. The third-order valence-corrected chi connectivity index (χ3v) is 3.10. The van der Waals surface area contributed by atoms with E-state index in [1.165, 1.54) is 44.9 Å². The summed E-state index contributed by atoms with van der Waals surface area (Å²) in [5, 5.41) is 0. The molecule has 74 valence electrons. The summed E-state index contributed by atoms with van der Waals surface area (Å²) in [5.74, 6) is 2.11. The lowest BCUT2D eigenvalue weighted by atomic mass is 9.81. The van der Waals surface area contributed by atoms with Crippen molar-refractivity contribution >= 4 is 0 Å². The highest BCUT2D eigenvalue weighted by molar-refractivity contribution is 4.69. The van der Waals surface area contributed by atoms with Crippen LogP contribution in [-0.4, -0.2) is 0 Å². The Balaban J connectivity index is 0.00000121. The molecule has 1 aliphatic rings. The molecule has 1 heteroatoms. The standard InChI is InChI=1S/C11H22.H3N/c1-3-4-5-11-8-6-10(2)7-9-11;/h10-11H,3-9H2,1-2H3;1H3. The van der Waals surface area contributed by atoms with E-state index in [4.69, 9.17) is 0 Å². The maximum atomic E-state index is 2.40. The molecule has 3 N–H and O–H groups in total. The Morgan fingerprint density at radius 3 is 2.17 bits per heavy atom. The normalized spacial score (nSPS) is 29.5. The van der Waals surface area contributed by atoms with Gasteiger partial charge in [0.05, 0.1) is 0 Å². The minimum absolute atomic E-state index is 0. The van der Waals surface area contributed by atoms with Crippen LogP contribution in [0.3, 0.4) is 0 Å². The molecule has 0 unspecified atom stereocenters. The highest BCUT2D eigenvalue weighted by atomic mass is 14.2. The minimum atomic E-state index is 0.